The Hall–Kier alpha value is -1.57. The number of ether oxygens (including phenoxy) is 1. The molecule has 1 heterocycles. The predicted octanol–water partition coefficient (Wildman–Crippen LogP) is 5.68. The van der Waals surface area contributed by atoms with Crippen molar-refractivity contribution < 1.29 is 4.74 Å². The number of halogens is 1. The van der Waals surface area contributed by atoms with E-state index in [4.69, 9.17) is 16.3 Å². The summed E-state index contributed by atoms with van der Waals surface area (Å²) >= 11 is 5.98. The van der Waals surface area contributed by atoms with Crippen molar-refractivity contribution in [2.75, 3.05) is 0 Å². The number of hydrogen-bond donors (Lipinski definition) is 0. The van der Waals surface area contributed by atoms with Crippen molar-refractivity contribution in [3.05, 3.63) is 82.4 Å². The molecular formula is C19H18ClO. The molecule has 2 aromatic carbocycles. The fraction of sp³-hybridized carbons (Fsp3) is 0.263. The summed E-state index contributed by atoms with van der Waals surface area (Å²) in [6.07, 6.45) is 5.44. The molecule has 1 nitrogen and oxygen atoms in total. The van der Waals surface area contributed by atoms with Crippen molar-refractivity contribution in [2.24, 2.45) is 0 Å². The van der Waals surface area contributed by atoms with Crippen LogP contribution >= 0.6 is 11.6 Å². The summed E-state index contributed by atoms with van der Waals surface area (Å²) in [7, 11) is 0. The normalized spacial score (nSPS) is 24.2. The van der Waals surface area contributed by atoms with E-state index in [1.165, 1.54) is 11.1 Å². The fourth-order valence-electron chi connectivity index (χ4n) is 2.82. The highest BCUT2D eigenvalue weighted by Crippen LogP contribution is 2.41. The Bertz CT molecular complexity index is 616. The minimum Gasteiger partial charge on any atom is -0.361 e. The topological polar surface area (TPSA) is 9.23 Å². The molecule has 0 amide bonds. The van der Waals surface area contributed by atoms with E-state index in [9.17, 15) is 0 Å². The first kappa shape index (κ1) is 14.4. The molecule has 21 heavy (non-hydrogen) atoms. The molecule has 0 N–H and O–H groups in total. The second-order valence-electron chi connectivity index (χ2n) is 5.28. The zero-order valence-corrected chi connectivity index (χ0v) is 12.8. The second kappa shape index (κ2) is 6.46. The summed E-state index contributed by atoms with van der Waals surface area (Å²) in [4.78, 5) is 0. The molecule has 2 heteroatoms. The van der Waals surface area contributed by atoms with Gasteiger partial charge >= 0.3 is 0 Å². The highest BCUT2D eigenvalue weighted by atomic mass is 35.5. The maximum absolute atomic E-state index is 6.36. The molecule has 3 rings (SSSR count). The molecule has 107 valence electrons. The minimum atomic E-state index is -0.0220. The van der Waals surface area contributed by atoms with Crippen LogP contribution in [0.5, 0.6) is 0 Å². The lowest BCUT2D eigenvalue weighted by Gasteiger charge is -2.33. The lowest BCUT2D eigenvalue weighted by molar-refractivity contribution is -0.0227. The molecule has 0 aliphatic carbocycles. The van der Waals surface area contributed by atoms with E-state index in [0.717, 1.165) is 23.4 Å². The molecule has 0 saturated carbocycles. The van der Waals surface area contributed by atoms with Gasteiger partial charge in [-0.15, -0.1) is 0 Å². The zero-order chi connectivity index (χ0) is 14.7. The molecule has 1 radical (unpaired) electrons. The van der Waals surface area contributed by atoms with Crippen LogP contribution in [0.25, 0.3) is 0 Å². The lowest BCUT2D eigenvalue weighted by Crippen LogP contribution is -2.18. The van der Waals surface area contributed by atoms with Crippen LogP contribution in [0.1, 0.15) is 43.1 Å². The average molecular weight is 298 g/mol. The van der Waals surface area contributed by atoms with Gasteiger partial charge in [0.15, 0.2) is 0 Å². The molecule has 1 aliphatic rings. The van der Waals surface area contributed by atoms with Gasteiger partial charge in [-0.05, 0) is 54.7 Å². The second-order valence-corrected chi connectivity index (χ2v) is 5.72. The standard InChI is InChI=1S/C19H18ClO/c1-2-14-10-13-18(15-6-4-3-5-7-15)21-19(14)16-8-11-17(20)12-9-16/h3-9,11-12,18-19H,10,13H2,1H3. The maximum Gasteiger partial charge on any atom is 0.105 e. The fourth-order valence-corrected chi connectivity index (χ4v) is 2.94. The van der Waals surface area contributed by atoms with Crippen molar-refractivity contribution in [3.8, 4) is 0 Å². The molecule has 0 aromatic heterocycles. The Kier molecular flexibility index (Phi) is 4.42. The lowest BCUT2D eigenvalue weighted by atomic mass is 9.90. The van der Waals surface area contributed by atoms with Crippen molar-refractivity contribution in [1.29, 1.82) is 0 Å². The molecule has 1 fully saturated rings. The van der Waals surface area contributed by atoms with Crippen molar-refractivity contribution >= 4 is 11.6 Å². The Morgan fingerprint density at radius 1 is 1.00 bits per heavy atom. The Morgan fingerprint density at radius 3 is 2.38 bits per heavy atom. The highest BCUT2D eigenvalue weighted by molar-refractivity contribution is 6.30. The average Bonchev–Trinajstić information content (AvgIpc) is 2.56. The predicted molar refractivity (Wildman–Crippen MR) is 86.1 cm³/mol. The van der Waals surface area contributed by atoms with E-state index >= 15 is 0 Å². The van der Waals surface area contributed by atoms with Crippen molar-refractivity contribution in [3.63, 3.8) is 0 Å². The maximum atomic E-state index is 6.36. The van der Waals surface area contributed by atoms with E-state index in [2.05, 4.69) is 30.3 Å². The van der Waals surface area contributed by atoms with Crippen molar-refractivity contribution in [2.45, 2.75) is 32.0 Å². The summed E-state index contributed by atoms with van der Waals surface area (Å²) in [6.45, 7) is 1.96. The molecule has 0 spiro atoms. The molecule has 1 aliphatic heterocycles. The first-order valence-electron chi connectivity index (χ1n) is 7.27. The number of allylic oxidation sites excluding steroid dienone is 1. The van der Waals surface area contributed by atoms with E-state index in [-0.39, 0.29) is 12.2 Å². The van der Waals surface area contributed by atoms with Gasteiger partial charge in [0.25, 0.3) is 0 Å². The number of hydrogen-bond acceptors (Lipinski definition) is 1. The largest absolute Gasteiger partial charge is 0.361 e. The van der Waals surface area contributed by atoms with Crippen LogP contribution in [-0.2, 0) is 4.74 Å². The SMILES string of the molecule is C/[C]=C1\CCC(c2ccccc2)OC1c1ccc(Cl)cc1. The van der Waals surface area contributed by atoms with Gasteiger partial charge in [0.1, 0.15) is 6.10 Å². The Balaban J connectivity index is 1.87. The van der Waals surface area contributed by atoms with Gasteiger partial charge in [-0.25, -0.2) is 0 Å². The Labute approximate surface area is 131 Å². The van der Waals surface area contributed by atoms with Crippen LogP contribution in [0.15, 0.2) is 60.2 Å². The summed E-state index contributed by atoms with van der Waals surface area (Å²) in [5, 5.41) is 0.750. The monoisotopic (exact) mass is 297 g/mol. The molecule has 1 saturated heterocycles. The van der Waals surface area contributed by atoms with Gasteiger partial charge in [0.2, 0.25) is 0 Å². The number of rotatable bonds is 2. The van der Waals surface area contributed by atoms with Gasteiger partial charge in [0, 0.05) is 5.02 Å². The van der Waals surface area contributed by atoms with E-state index in [1.54, 1.807) is 0 Å². The van der Waals surface area contributed by atoms with Gasteiger partial charge < -0.3 is 4.74 Å². The quantitative estimate of drug-likeness (QED) is 0.692. The van der Waals surface area contributed by atoms with Gasteiger partial charge in [-0.3, -0.25) is 0 Å². The zero-order valence-electron chi connectivity index (χ0n) is 12.1. The molecule has 2 atom stereocenters. The van der Waals surface area contributed by atoms with Crippen LogP contribution in [-0.4, -0.2) is 0 Å². The van der Waals surface area contributed by atoms with E-state index in [1.807, 2.05) is 37.3 Å². The third-order valence-corrected chi connectivity index (χ3v) is 4.21. The van der Waals surface area contributed by atoms with Crippen LogP contribution in [0.3, 0.4) is 0 Å². The minimum absolute atomic E-state index is 0.0220. The van der Waals surface area contributed by atoms with Crippen LogP contribution in [0, 0.1) is 6.08 Å². The summed E-state index contributed by atoms with van der Waals surface area (Å²) < 4.78 is 6.36. The third kappa shape index (κ3) is 3.20. The first-order chi connectivity index (χ1) is 10.3. The van der Waals surface area contributed by atoms with Crippen molar-refractivity contribution in [1.82, 2.24) is 0 Å². The summed E-state index contributed by atoms with van der Waals surface area (Å²) in [5.41, 5.74) is 3.61. The Morgan fingerprint density at radius 2 is 1.71 bits per heavy atom. The van der Waals surface area contributed by atoms with Crippen LogP contribution < -0.4 is 0 Å². The number of benzene rings is 2. The first-order valence-corrected chi connectivity index (χ1v) is 7.65. The molecular weight excluding hydrogens is 280 g/mol. The van der Waals surface area contributed by atoms with E-state index in [0.29, 0.717) is 0 Å². The van der Waals surface area contributed by atoms with Gasteiger partial charge in [-0.2, -0.15) is 0 Å². The summed E-state index contributed by atoms with van der Waals surface area (Å²) in [6, 6.07) is 18.3. The third-order valence-electron chi connectivity index (χ3n) is 3.96. The van der Waals surface area contributed by atoms with Crippen LogP contribution in [0.4, 0.5) is 0 Å². The molecule has 2 aromatic rings. The van der Waals surface area contributed by atoms with Gasteiger partial charge in [0.05, 0.1) is 6.10 Å². The van der Waals surface area contributed by atoms with E-state index < -0.39 is 0 Å². The highest BCUT2D eigenvalue weighted by Gasteiger charge is 2.28. The van der Waals surface area contributed by atoms with Crippen LogP contribution in [0.2, 0.25) is 5.02 Å². The molecule has 2 unspecified atom stereocenters. The smallest absolute Gasteiger partial charge is 0.105 e. The van der Waals surface area contributed by atoms with Gasteiger partial charge in [-0.1, -0.05) is 54.1 Å². The summed E-state index contributed by atoms with van der Waals surface area (Å²) in [5.74, 6) is 0. The molecule has 0 bridgehead atoms.